The van der Waals surface area contributed by atoms with E-state index in [4.69, 9.17) is 4.74 Å². The minimum absolute atomic E-state index is 0.122. The molecular formula is C14H18FNO2. The van der Waals surface area contributed by atoms with Crippen LogP contribution in [0.2, 0.25) is 0 Å². The highest BCUT2D eigenvalue weighted by molar-refractivity contribution is 5.77. The zero-order chi connectivity index (χ0) is 12.8. The summed E-state index contributed by atoms with van der Waals surface area (Å²) in [5, 5.41) is 2.92. The van der Waals surface area contributed by atoms with Gasteiger partial charge >= 0.3 is 0 Å². The summed E-state index contributed by atoms with van der Waals surface area (Å²) in [4.78, 5) is 11.6. The molecule has 0 spiro atoms. The van der Waals surface area contributed by atoms with Crippen LogP contribution in [0.15, 0.2) is 24.3 Å². The molecule has 0 bridgehead atoms. The van der Waals surface area contributed by atoms with E-state index in [2.05, 4.69) is 5.32 Å². The number of hydrogen-bond acceptors (Lipinski definition) is 2. The third kappa shape index (κ3) is 3.72. The molecule has 2 rings (SSSR count). The normalized spacial score (nSPS) is 16.3. The van der Waals surface area contributed by atoms with Crippen molar-refractivity contribution in [2.75, 3.05) is 6.61 Å². The summed E-state index contributed by atoms with van der Waals surface area (Å²) in [5.74, 6) is -0.496. The number of carbonyl (C=O) groups excluding carboxylic acids is 1. The van der Waals surface area contributed by atoms with Crippen LogP contribution in [-0.2, 0) is 4.79 Å². The van der Waals surface area contributed by atoms with Gasteiger partial charge in [-0.05, 0) is 25.0 Å². The smallest absolute Gasteiger partial charge is 0.258 e. The van der Waals surface area contributed by atoms with Crippen molar-refractivity contribution in [2.45, 2.75) is 38.1 Å². The van der Waals surface area contributed by atoms with Crippen LogP contribution in [0.3, 0.4) is 0 Å². The van der Waals surface area contributed by atoms with E-state index in [1.807, 2.05) is 0 Å². The first-order chi connectivity index (χ1) is 8.75. The van der Waals surface area contributed by atoms with Crippen LogP contribution in [0.5, 0.6) is 5.75 Å². The lowest BCUT2D eigenvalue weighted by molar-refractivity contribution is -0.124. The van der Waals surface area contributed by atoms with E-state index in [1.165, 1.54) is 31.4 Å². The second-order valence-corrected chi connectivity index (χ2v) is 4.62. The van der Waals surface area contributed by atoms with E-state index < -0.39 is 5.82 Å². The van der Waals surface area contributed by atoms with Crippen LogP contribution in [0.1, 0.15) is 32.1 Å². The Labute approximate surface area is 106 Å². The monoisotopic (exact) mass is 251 g/mol. The van der Waals surface area contributed by atoms with Gasteiger partial charge in [0.2, 0.25) is 0 Å². The summed E-state index contributed by atoms with van der Waals surface area (Å²) in [6.45, 7) is -0.128. The van der Waals surface area contributed by atoms with E-state index in [1.54, 1.807) is 12.1 Å². The largest absolute Gasteiger partial charge is 0.481 e. The minimum atomic E-state index is -0.442. The van der Waals surface area contributed by atoms with Crippen molar-refractivity contribution >= 4 is 5.91 Å². The highest BCUT2D eigenvalue weighted by Crippen LogP contribution is 2.18. The standard InChI is InChI=1S/C14H18FNO2/c15-12-8-4-5-9-13(12)18-10-14(17)16-11-6-2-1-3-7-11/h4-5,8-9,11H,1-3,6-7,10H2,(H,16,17). The molecule has 0 radical (unpaired) electrons. The Hall–Kier alpha value is -1.58. The third-order valence-corrected chi connectivity index (χ3v) is 3.17. The van der Waals surface area contributed by atoms with E-state index in [-0.39, 0.29) is 24.3 Å². The van der Waals surface area contributed by atoms with E-state index in [0.29, 0.717) is 0 Å². The highest BCUT2D eigenvalue weighted by atomic mass is 19.1. The lowest BCUT2D eigenvalue weighted by Gasteiger charge is -2.22. The molecule has 1 saturated carbocycles. The molecule has 1 aliphatic rings. The summed E-state index contributed by atoms with van der Waals surface area (Å²) < 4.78 is 18.4. The maximum absolute atomic E-state index is 13.2. The van der Waals surface area contributed by atoms with Gasteiger partial charge in [0.25, 0.3) is 5.91 Å². The number of amides is 1. The van der Waals surface area contributed by atoms with Gasteiger partial charge in [0, 0.05) is 6.04 Å². The first kappa shape index (κ1) is 12.9. The van der Waals surface area contributed by atoms with Crippen molar-refractivity contribution < 1.29 is 13.9 Å². The van der Waals surface area contributed by atoms with Gasteiger partial charge in [0.15, 0.2) is 18.2 Å². The molecule has 1 fully saturated rings. The van der Waals surface area contributed by atoms with Crippen LogP contribution in [0, 0.1) is 5.82 Å². The van der Waals surface area contributed by atoms with Gasteiger partial charge in [-0.3, -0.25) is 4.79 Å². The summed E-state index contributed by atoms with van der Waals surface area (Å²) in [6, 6.07) is 6.36. The first-order valence-electron chi connectivity index (χ1n) is 6.42. The zero-order valence-corrected chi connectivity index (χ0v) is 10.3. The maximum Gasteiger partial charge on any atom is 0.258 e. The lowest BCUT2D eigenvalue weighted by Crippen LogP contribution is -2.39. The Kier molecular flexibility index (Phi) is 4.56. The van der Waals surface area contributed by atoms with E-state index in [9.17, 15) is 9.18 Å². The fraction of sp³-hybridized carbons (Fsp3) is 0.500. The van der Waals surface area contributed by atoms with Crippen LogP contribution in [0.25, 0.3) is 0 Å². The van der Waals surface area contributed by atoms with Crippen molar-refractivity contribution in [3.8, 4) is 5.75 Å². The fourth-order valence-electron chi connectivity index (χ4n) is 2.22. The molecule has 1 amide bonds. The summed E-state index contributed by atoms with van der Waals surface area (Å²) in [5.41, 5.74) is 0. The molecule has 0 aromatic heterocycles. The van der Waals surface area contributed by atoms with Crippen molar-refractivity contribution in [2.24, 2.45) is 0 Å². The molecule has 1 aliphatic carbocycles. The average Bonchev–Trinajstić information content (AvgIpc) is 2.39. The molecule has 1 aromatic rings. The zero-order valence-electron chi connectivity index (χ0n) is 10.3. The van der Waals surface area contributed by atoms with Crippen LogP contribution < -0.4 is 10.1 Å². The molecule has 0 unspecified atom stereocenters. The Morgan fingerprint density at radius 3 is 2.72 bits per heavy atom. The molecule has 3 nitrogen and oxygen atoms in total. The number of rotatable bonds is 4. The van der Waals surface area contributed by atoms with Crippen molar-refractivity contribution in [3.05, 3.63) is 30.1 Å². The number of halogens is 1. The summed E-state index contributed by atoms with van der Waals surface area (Å²) in [6.07, 6.45) is 5.65. The number of hydrogen-bond donors (Lipinski definition) is 1. The molecule has 0 heterocycles. The Bertz CT molecular complexity index is 403. The lowest BCUT2D eigenvalue weighted by atomic mass is 9.95. The third-order valence-electron chi connectivity index (χ3n) is 3.17. The summed E-state index contributed by atoms with van der Waals surface area (Å²) >= 11 is 0. The Morgan fingerprint density at radius 2 is 2.00 bits per heavy atom. The predicted molar refractivity (Wildman–Crippen MR) is 66.9 cm³/mol. The molecule has 1 N–H and O–H groups in total. The van der Waals surface area contributed by atoms with Gasteiger partial charge in [-0.25, -0.2) is 4.39 Å². The Balaban J connectivity index is 1.76. The van der Waals surface area contributed by atoms with Gasteiger partial charge in [-0.1, -0.05) is 31.4 Å². The molecule has 1 aromatic carbocycles. The topological polar surface area (TPSA) is 38.3 Å². The predicted octanol–water partition coefficient (Wildman–Crippen LogP) is 2.65. The van der Waals surface area contributed by atoms with Gasteiger partial charge in [0.05, 0.1) is 0 Å². The highest BCUT2D eigenvalue weighted by Gasteiger charge is 2.16. The fourth-order valence-corrected chi connectivity index (χ4v) is 2.22. The molecular weight excluding hydrogens is 233 g/mol. The minimum Gasteiger partial charge on any atom is -0.481 e. The van der Waals surface area contributed by atoms with Crippen molar-refractivity contribution in [3.63, 3.8) is 0 Å². The van der Waals surface area contributed by atoms with Crippen molar-refractivity contribution in [1.29, 1.82) is 0 Å². The maximum atomic E-state index is 13.2. The molecule has 4 heteroatoms. The van der Waals surface area contributed by atoms with Crippen LogP contribution >= 0.6 is 0 Å². The van der Waals surface area contributed by atoms with Gasteiger partial charge in [-0.15, -0.1) is 0 Å². The SMILES string of the molecule is O=C(COc1ccccc1F)NC1CCCCC1. The second kappa shape index (κ2) is 6.38. The quantitative estimate of drug-likeness (QED) is 0.893. The number of ether oxygens (including phenoxy) is 1. The van der Waals surface area contributed by atoms with Gasteiger partial charge < -0.3 is 10.1 Å². The molecule has 18 heavy (non-hydrogen) atoms. The average molecular weight is 251 g/mol. The van der Waals surface area contributed by atoms with Crippen LogP contribution in [0.4, 0.5) is 4.39 Å². The first-order valence-corrected chi connectivity index (χ1v) is 6.42. The van der Waals surface area contributed by atoms with Gasteiger partial charge in [-0.2, -0.15) is 0 Å². The number of benzene rings is 1. The number of para-hydroxylation sites is 1. The van der Waals surface area contributed by atoms with E-state index >= 15 is 0 Å². The molecule has 0 aliphatic heterocycles. The Morgan fingerprint density at radius 1 is 1.28 bits per heavy atom. The van der Waals surface area contributed by atoms with E-state index in [0.717, 1.165) is 12.8 Å². The molecule has 0 saturated heterocycles. The van der Waals surface area contributed by atoms with Gasteiger partial charge in [0.1, 0.15) is 0 Å². The second-order valence-electron chi connectivity index (χ2n) is 4.62. The molecule has 98 valence electrons. The number of carbonyl (C=O) groups is 1. The summed E-state index contributed by atoms with van der Waals surface area (Å²) in [7, 11) is 0. The number of nitrogens with one attached hydrogen (secondary N) is 1. The molecule has 0 atom stereocenters. The van der Waals surface area contributed by atoms with Crippen LogP contribution in [-0.4, -0.2) is 18.6 Å². The van der Waals surface area contributed by atoms with Crippen molar-refractivity contribution in [1.82, 2.24) is 5.32 Å².